The summed E-state index contributed by atoms with van der Waals surface area (Å²) >= 11 is 0. The monoisotopic (exact) mass is 291 g/mol. The summed E-state index contributed by atoms with van der Waals surface area (Å²) in [6.07, 6.45) is 8.15. The minimum atomic E-state index is 0.364. The molecule has 0 amide bonds. The summed E-state index contributed by atoms with van der Waals surface area (Å²) in [6.45, 7) is 18.8. The van der Waals surface area contributed by atoms with E-state index in [1.807, 2.05) is 6.92 Å². The van der Waals surface area contributed by atoms with Gasteiger partial charge in [0.05, 0.1) is 0 Å². The zero-order valence-corrected chi connectivity index (χ0v) is 15.6. The second-order valence-corrected chi connectivity index (χ2v) is 8.31. The van der Waals surface area contributed by atoms with E-state index in [2.05, 4.69) is 60.6 Å². The Bertz CT molecular complexity index is 408. The van der Waals surface area contributed by atoms with Crippen molar-refractivity contribution in [2.75, 3.05) is 0 Å². The molecule has 21 heavy (non-hydrogen) atoms. The number of rotatable bonds is 6. The summed E-state index contributed by atoms with van der Waals surface area (Å²) in [5.74, 6) is 2.23. The van der Waals surface area contributed by atoms with Crippen LogP contribution in [0, 0.1) is 28.6 Å². The molecule has 0 saturated heterocycles. The number of hydrogen-bond donors (Lipinski definition) is 1. The van der Waals surface area contributed by atoms with E-state index in [1.165, 1.54) is 19.3 Å². The van der Waals surface area contributed by atoms with E-state index in [1.54, 1.807) is 5.57 Å². The Morgan fingerprint density at radius 1 is 1.10 bits per heavy atom. The SMILES string of the molecule is CCC(C)C/C(=C\C=C(\C)N)C1C(CC)C(C)(C)C1(C)C. The molecular weight excluding hydrogens is 254 g/mol. The molecule has 2 N–H and O–H groups in total. The first-order valence-electron chi connectivity index (χ1n) is 8.72. The van der Waals surface area contributed by atoms with Crippen molar-refractivity contribution in [2.24, 2.45) is 34.3 Å². The van der Waals surface area contributed by atoms with Gasteiger partial charge in [0.15, 0.2) is 0 Å². The van der Waals surface area contributed by atoms with Crippen LogP contribution in [0.4, 0.5) is 0 Å². The standard InChI is InChI=1S/C20H37N/c1-9-14(3)13-16(12-11-15(4)21)18-17(10-2)19(5,6)20(18,7)8/h11-12,14,17-18H,9-10,13,21H2,1-8H3/b15-11-,16-12+. The molecule has 0 aliphatic heterocycles. The smallest absolute Gasteiger partial charge is 0.00488 e. The van der Waals surface area contributed by atoms with Crippen LogP contribution in [0.5, 0.6) is 0 Å². The summed E-state index contributed by atoms with van der Waals surface area (Å²) in [6, 6.07) is 0. The highest BCUT2D eigenvalue weighted by Crippen LogP contribution is 2.67. The number of allylic oxidation sites excluding steroid dienone is 4. The van der Waals surface area contributed by atoms with Crippen LogP contribution in [0.25, 0.3) is 0 Å². The summed E-state index contributed by atoms with van der Waals surface area (Å²) in [5.41, 5.74) is 9.17. The van der Waals surface area contributed by atoms with Gasteiger partial charge >= 0.3 is 0 Å². The van der Waals surface area contributed by atoms with E-state index >= 15 is 0 Å². The molecule has 1 nitrogen and oxygen atoms in total. The Balaban J connectivity index is 3.14. The Kier molecular flexibility index (Phi) is 5.75. The molecule has 1 saturated carbocycles. The number of nitrogens with two attached hydrogens (primary N) is 1. The second kappa shape index (κ2) is 6.58. The average Bonchev–Trinajstić information content (AvgIpc) is 2.39. The highest BCUT2D eigenvalue weighted by atomic mass is 14.7. The molecule has 1 fully saturated rings. The molecule has 0 radical (unpaired) electrons. The zero-order valence-electron chi connectivity index (χ0n) is 15.6. The van der Waals surface area contributed by atoms with Gasteiger partial charge in [-0.15, -0.1) is 0 Å². The second-order valence-electron chi connectivity index (χ2n) is 8.31. The first-order valence-corrected chi connectivity index (χ1v) is 8.72. The molecule has 1 heteroatoms. The third kappa shape index (κ3) is 3.38. The van der Waals surface area contributed by atoms with Crippen LogP contribution in [0.15, 0.2) is 23.4 Å². The van der Waals surface area contributed by atoms with Crippen molar-refractivity contribution in [3.63, 3.8) is 0 Å². The third-order valence-corrected chi connectivity index (χ3v) is 6.45. The van der Waals surface area contributed by atoms with E-state index in [0.717, 1.165) is 17.5 Å². The van der Waals surface area contributed by atoms with Crippen molar-refractivity contribution in [2.45, 2.75) is 74.7 Å². The Labute approximate surface area is 133 Å². The van der Waals surface area contributed by atoms with Crippen LogP contribution >= 0.6 is 0 Å². The highest BCUT2D eigenvalue weighted by Gasteiger charge is 2.61. The van der Waals surface area contributed by atoms with Crippen LogP contribution in [0.3, 0.4) is 0 Å². The molecule has 1 aliphatic carbocycles. The predicted molar refractivity (Wildman–Crippen MR) is 94.9 cm³/mol. The highest BCUT2D eigenvalue weighted by molar-refractivity contribution is 5.27. The molecule has 0 aromatic heterocycles. The Morgan fingerprint density at radius 2 is 1.67 bits per heavy atom. The third-order valence-electron chi connectivity index (χ3n) is 6.45. The lowest BCUT2D eigenvalue weighted by atomic mass is 9.38. The lowest BCUT2D eigenvalue weighted by molar-refractivity contribution is -0.151. The first-order chi connectivity index (χ1) is 9.59. The van der Waals surface area contributed by atoms with Gasteiger partial charge in [0, 0.05) is 5.70 Å². The largest absolute Gasteiger partial charge is 0.402 e. The Hall–Kier alpha value is -0.720. The molecular formula is C20H37N. The van der Waals surface area contributed by atoms with Crippen molar-refractivity contribution in [1.29, 1.82) is 0 Å². The van der Waals surface area contributed by atoms with Gasteiger partial charge in [-0.05, 0) is 48.0 Å². The fraction of sp³-hybridized carbons (Fsp3) is 0.800. The molecule has 0 bridgehead atoms. The molecule has 0 aromatic rings. The molecule has 122 valence electrons. The van der Waals surface area contributed by atoms with Gasteiger partial charge in [0.25, 0.3) is 0 Å². The molecule has 1 rings (SSSR count). The van der Waals surface area contributed by atoms with E-state index in [4.69, 9.17) is 5.73 Å². The molecule has 0 heterocycles. The summed E-state index contributed by atoms with van der Waals surface area (Å²) in [7, 11) is 0. The zero-order chi connectivity index (χ0) is 16.4. The van der Waals surface area contributed by atoms with Crippen molar-refractivity contribution >= 4 is 0 Å². The first kappa shape index (κ1) is 18.3. The van der Waals surface area contributed by atoms with Crippen molar-refractivity contribution in [3.8, 4) is 0 Å². The van der Waals surface area contributed by atoms with Crippen LogP contribution < -0.4 is 5.73 Å². The summed E-state index contributed by atoms with van der Waals surface area (Å²) in [5, 5.41) is 0. The molecule has 3 unspecified atom stereocenters. The predicted octanol–water partition coefficient (Wildman–Crippen LogP) is 5.92. The van der Waals surface area contributed by atoms with Crippen LogP contribution in [-0.2, 0) is 0 Å². The lowest BCUT2D eigenvalue weighted by Crippen LogP contribution is -2.60. The maximum Gasteiger partial charge on any atom is 0.00488 e. The fourth-order valence-corrected chi connectivity index (χ4v) is 4.25. The quantitative estimate of drug-likeness (QED) is 0.604. The van der Waals surface area contributed by atoms with Gasteiger partial charge < -0.3 is 5.73 Å². The maximum atomic E-state index is 5.87. The summed E-state index contributed by atoms with van der Waals surface area (Å²) < 4.78 is 0. The minimum Gasteiger partial charge on any atom is -0.402 e. The van der Waals surface area contributed by atoms with Crippen LogP contribution in [-0.4, -0.2) is 0 Å². The van der Waals surface area contributed by atoms with Gasteiger partial charge in [-0.2, -0.15) is 0 Å². The van der Waals surface area contributed by atoms with Gasteiger partial charge in [-0.1, -0.05) is 73.0 Å². The maximum absolute atomic E-state index is 5.87. The average molecular weight is 292 g/mol. The normalized spacial score (nSPS) is 29.9. The van der Waals surface area contributed by atoms with Gasteiger partial charge in [0.2, 0.25) is 0 Å². The molecule has 0 aromatic carbocycles. The fourth-order valence-electron chi connectivity index (χ4n) is 4.25. The van der Waals surface area contributed by atoms with E-state index in [-0.39, 0.29) is 0 Å². The van der Waals surface area contributed by atoms with Crippen LogP contribution in [0.2, 0.25) is 0 Å². The molecule has 0 spiro atoms. The number of hydrogen-bond acceptors (Lipinski definition) is 1. The van der Waals surface area contributed by atoms with Crippen molar-refractivity contribution in [1.82, 2.24) is 0 Å². The van der Waals surface area contributed by atoms with Crippen molar-refractivity contribution in [3.05, 3.63) is 23.4 Å². The van der Waals surface area contributed by atoms with E-state index < -0.39 is 0 Å². The lowest BCUT2D eigenvalue weighted by Gasteiger charge is -2.66. The summed E-state index contributed by atoms with van der Waals surface area (Å²) in [4.78, 5) is 0. The molecule has 1 aliphatic rings. The van der Waals surface area contributed by atoms with Gasteiger partial charge in [0.1, 0.15) is 0 Å². The minimum absolute atomic E-state index is 0.364. The van der Waals surface area contributed by atoms with Gasteiger partial charge in [-0.3, -0.25) is 0 Å². The van der Waals surface area contributed by atoms with Crippen LogP contribution in [0.1, 0.15) is 74.7 Å². The van der Waals surface area contributed by atoms with E-state index in [9.17, 15) is 0 Å². The molecule has 3 atom stereocenters. The van der Waals surface area contributed by atoms with Gasteiger partial charge in [-0.25, -0.2) is 0 Å². The van der Waals surface area contributed by atoms with Crippen molar-refractivity contribution < 1.29 is 0 Å². The topological polar surface area (TPSA) is 26.0 Å². The Morgan fingerprint density at radius 3 is 2.10 bits per heavy atom. The van der Waals surface area contributed by atoms with E-state index in [0.29, 0.717) is 16.7 Å².